The Morgan fingerprint density at radius 1 is 1.50 bits per heavy atom. The number of aromatic amines is 1. The predicted molar refractivity (Wildman–Crippen MR) is 66.2 cm³/mol. The number of rotatable bonds is 5. The fourth-order valence-electron chi connectivity index (χ4n) is 1.24. The van der Waals surface area contributed by atoms with Gasteiger partial charge in [0.1, 0.15) is 5.82 Å². The Kier molecular flexibility index (Phi) is 4.19. The third-order valence-corrected chi connectivity index (χ3v) is 3.19. The second kappa shape index (κ2) is 5.85. The first-order chi connectivity index (χ1) is 8.67. The predicted octanol–water partition coefficient (Wildman–Crippen LogP) is 0.447. The van der Waals surface area contributed by atoms with E-state index in [-0.39, 0.29) is 17.7 Å². The van der Waals surface area contributed by atoms with Gasteiger partial charge in [-0.3, -0.25) is 15.2 Å². The van der Waals surface area contributed by atoms with Crippen molar-refractivity contribution in [3.63, 3.8) is 0 Å². The fraction of sp³-hybridized carbons (Fsp3) is 0.600. The Morgan fingerprint density at radius 2 is 2.28 bits per heavy atom. The molecule has 1 saturated carbocycles. The zero-order chi connectivity index (χ0) is 13.0. The third kappa shape index (κ3) is 4.02. The zero-order valence-corrected chi connectivity index (χ0v) is 10.8. The molecule has 0 aliphatic heterocycles. The molecule has 8 heteroatoms. The normalized spacial score (nSPS) is 14.3. The Bertz CT molecular complexity index is 443. The van der Waals surface area contributed by atoms with Crippen molar-refractivity contribution in [3.05, 3.63) is 5.82 Å². The lowest BCUT2D eigenvalue weighted by molar-refractivity contribution is -0.117. The fourth-order valence-corrected chi connectivity index (χ4v) is 1.86. The smallest absolute Gasteiger partial charge is 0.321 e. The van der Waals surface area contributed by atoms with Crippen molar-refractivity contribution >= 4 is 23.7 Å². The molecule has 7 nitrogen and oxygen atoms in total. The monoisotopic (exact) mass is 269 g/mol. The SMILES string of the molecule is CCc1nc(SCC(=O)NC(=O)NC2CC2)n[nH]1. The minimum absolute atomic E-state index is 0.124. The maximum absolute atomic E-state index is 11.4. The second-order valence-electron chi connectivity index (χ2n) is 4.00. The van der Waals surface area contributed by atoms with E-state index in [0.717, 1.165) is 25.1 Å². The second-order valence-corrected chi connectivity index (χ2v) is 4.95. The third-order valence-electron chi connectivity index (χ3n) is 2.34. The number of hydrogen-bond donors (Lipinski definition) is 3. The molecule has 0 radical (unpaired) electrons. The number of imide groups is 1. The molecule has 1 aromatic rings. The van der Waals surface area contributed by atoms with Gasteiger partial charge in [0.2, 0.25) is 11.1 Å². The van der Waals surface area contributed by atoms with Crippen molar-refractivity contribution in [1.29, 1.82) is 0 Å². The molecular weight excluding hydrogens is 254 g/mol. The number of aromatic nitrogens is 3. The highest BCUT2D eigenvalue weighted by Crippen LogP contribution is 2.18. The van der Waals surface area contributed by atoms with Gasteiger partial charge in [0.15, 0.2) is 0 Å². The summed E-state index contributed by atoms with van der Waals surface area (Å²) in [4.78, 5) is 26.9. The number of urea groups is 1. The number of amides is 3. The first-order valence-corrected chi connectivity index (χ1v) is 6.80. The molecule has 1 aliphatic rings. The first-order valence-electron chi connectivity index (χ1n) is 5.81. The number of nitrogens with zero attached hydrogens (tertiary/aromatic N) is 2. The number of carbonyl (C=O) groups is 2. The van der Waals surface area contributed by atoms with Gasteiger partial charge in [0.25, 0.3) is 0 Å². The van der Waals surface area contributed by atoms with Crippen molar-refractivity contribution in [3.8, 4) is 0 Å². The summed E-state index contributed by atoms with van der Waals surface area (Å²) < 4.78 is 0. The molecule has 1 aromatic heterocycles. The van der Waals surface area contributed by atoms with Crippen LogP contribution in [0.1, 0.15) is 25.6 Å². The molecule has 0 saturated heterocycles. The molecule has 0 atom stereocenters. The largest absolute Gasteiger partial charge is 0.335 e. The number of hydrogen-bond acceptors (Lipinski definition) is 5. The van der Waals surface area contributed by atoms with Crippen molar-refractivity contribution in [2.24, 2.45) is 0 Å². The Labute approximate surface area is 109 Å². The van der Waals surface area contributed by atoms with E-state index in [1.165, 1.54) is 11.8 Å². The van der Waals surface area contributed by atoms with Gasteiger partial charge < -0.3 is 5.32 Å². The molecule has 1 aliphatic carbocycles. The van der Waals surface area contributed by atoms with Gasteiger partial charge in [0, 0.05) is 12.5 Å². The van der Waals surface area contributed by atoms with E-state index in [0.29, 0.717) is 5.16 Å². The van der Waals surface area contributed by atoms with Crippen LogP contribution in [0.5, 0.6) is 0 Å². The van der Waals surface area contributed by atoms with Crippen LogP contribution >= 0.6 is 11.8 Å². The number of H-pyrrole nitrogens is 1. The van der Waals surface area contributed by atoms with Crippen LogP contribution in [0.2, 0.25) is 0 Å². The molecule has 1 heterocycles. The van der Waals surface area contributed by atoms with E-state index in [2.05, 4.69) is 25.8 Å². The average molecular weight is 269 g/mol. The Morgan fingerprint density at radius 3 is 2.89 bits per heavy atom. The van der Waals surface area contributed by atoms with Gasteiger partial charge >= 0.3 is 6.03 Å². The first kappa shape index (κ1) is 12.9. The number of carbonyl (C=O) groups excluding carboxylic acids is 2. The number of nitrogens with one attached hydrogen (secondary N) is 3. The minimum atomic E-state index is -0.424. The maximum atomic E-state index is 11.4. The summed E-state index contributed by atoms with van der Waals surface area (Å²) in [6.45, 7) is 1.96. The zero-order valence-electron chi connectivity index (χ0n) is 10.0. The molecular formula is C10H15N5O2S. The van der Waals surface area contributed by atoms with Gasteiger partial charge in [-0.25, -0.2) is 9.78 Å². The standard InChI is InChI=1S/C10H15N5O2S/c1-2-7-12-10(15-14-7)18-5-8(16)13-9(17)11-6-3-4-6/h6H,2-5H2,1H3,(H,12,14,15)(H2,11,13,16,17). The summed E-state index contributed by atoms with van der Waals surface area (Å²) in [5, 5.41) is 12.2. The topological polar surface area (TPSA) is 99.8 Å². The van der Waals surface area contributed by atoms with Gasteiger partial charge in [-0.05, 0) is 12.8 Å². The summed E-state index contributed by atoms with van der Waals surface area (Å²) in [6, 6.07) is -0.182. The van der Waals surface area contributed by atoms with E-state index in [9.17, 15) is 9.59 Å². The van der Waals surface area contributed by atoms with Crippen LogP contribution in [0.4, 0.5) is 4.79 Å². The van der Waals surface area contributed by atoms with Crippen LogP contribution in [0.15, 0.2) is 5.16 Å². The molecule has 0 bridgehead atoms. The summed E-state index contributed by atoms with van der Waals surface area (Å²) in [7, 11) is 0. The highest BCUT2D eigenvalue weighted by atomic mass is 32.2. The van der Waals surface area contributed by atoms with Gasteiger partial charge in [-0.15, -0.1) is 5.10 Å². The van der Waals surface area contributed by atoms with E-state index >= 15 is 0 Å². The lowest BCUT2D eigenvalue weighted by atomic mass is 10.5. The van der Waals surface area contributed by atoms with Crippen LogP contribution in [-0.4, -0.2) is 38.9 Å². The molecule has 98 valence electrons. The molecule has 18 heavy (non-hydrogen) atoms. The van der Waals surface area contributed by atoms with Crippen LogP contribution in [0.3, 0.4) is 0 Å². The maximum Gasteiger partial charge on any atom is 0.321 e. The van der Waals surface area contributed by atoms with Gasteiger partial charge in [0.05, 0.1) is 5.75 Å². The van der Waals surface area contributed by atoms with E-state index in [1.807, 2.05) is 6.92 Å². The highest BCUT2D eigenvalue weighted by Gasteiger charge is 2.23. The molecule has 0 aromatic carbocycles. The average Bonchev–Trinajstić information content (AvgIpc) is 3.02. The van der Waals surface area contributed by atoms with Gasteiger partial charge in [-0.1, -0.05) is 18.7 Å². The lowest BCUT2D eigenvalue weighted by Gasteiger charge is -2.03. The Balaban J connectivity index is 1.68. The molecule has 0 unspecified atom stereocenters. The molecule has 3 N–H and O–H groups in total. The van der Waals surface area contributed by atoms with Gasteiger partial charge in [-0.2, -0.15) is 0 Å². The summed E-state index contributed by atoms with van der Waals surface area (Å²) >= 11 is 1.20. The molecule has 2 rings (SSSR count). The van der Waals surface area contributed by atoms with E-state index < -0.39 is 6.03 Å². The van der Waals surface area contributed by atoms with Crippen LogP contribution in [-0.2, 0) is 11.2 Å². The summed E-state index contributed by atoms with van der Waals surface area (Å²) in [5.41, 5.74) is 0. The summed E-state index contributed by atoms with van der Waals surface area (Å²) in [6.07, 6.45) is 2.75. The lowest BCUT2D eigenvalue weighted by Crippen LogP contribution is -2.41. The van der Waals surface area contributed by atoms with E-state index in [4.69, 9.17) is 0 Å². The quantitative estimate of drug-likeness (QED) is 0.674. The Hall–Kier alpha value is -1.57. The number of aryl methyl sites for hydroxylation is 1. The minimum Gasteiger partial charge on any atom is -0.335 e. The molecule has 1 fully saturated rings. The van der Waals surface area contributed by atoms with E-state index in [1.54, 1.807) is 0 Å². The van der Waals surface area contributed by atoms with Crippen LogP contribution in [0.25, 0.3) is 0 Å². The molecule has 3 amide bonds. The number of thioether (sulfide) groups is 1. The van der Waals surface area contributed by atoms with Crippen LogP contribution < -0.4 is 10.6 Å². The highest BCUT2D eigenvalue weighted by molar-refractivity contribution is 7.99. The van der Waals surface area contributed by atoms with Crippen molar-refractivity contribution in [2.45, 2.75) is 37.4 Å². The molecule has 0 spiro atoms. The van der Waals surface area contributed by atoms with Crippen molar-refractivity contribution < 1.29 is 9.59 Å². The van der Waals surface area contributed by atoms with Crippen molar-refractivity contribution in [1.82, 2.24) is 25.8 Å². The van der Waals surface area contributed by atoms with Crippen molar-refractivity contribution in [2.75, 3.05) is 5.75 Å². The van der Waals surface area contributed by atoms with Crippen LogP contribution in [0, 0.1) is 0 Å². The summed E-state index contributed by atoms with van der Waals surface area (Å²) in [5.74, 6) is 0.560.